The largest absolute Gasteiger partial charge is 0.483 e. The molecule has 4 aromatic rings. The van der Waals surface area contributed by atoms with Gasteiger partial charge in [0.05, 0.1) is 11.2 Å². The summed E-state index contributed by atoms with van der Waals surface area (Å²) in [6.45, 7) is 0.0729. The zero-order valence-corrected chi connectivity index (χ0v) is 16.9. The van der Waals surface area contributed by atoms with Crippen LogP contribution >= 0.6 is 0 Å². The summed E-state index contributed by atoms with van der Waals surface area (Å²) in [6.07, 6.45) is 3.84. The van der Waals surface area contributed by atoms with Gasteiger partial charge in [-0.25, -0.2) is 4.98 Å². The molecule has 32 heavy (non-hydrogen) atoms. The summed E-state index contributed by atoms with van der Waals surface area (Å²) in [7, 11) is 0. The molecule has 4 rings (SSSR count). The van der Waals surface area contributed by atoms with Crippen LogP contribution in [0.1, 0.15) is 16.2 Å². The highest BCUT2D eigenvalue weighted by molar-refractivity contribution is 5.96. The number of carboxylic acid groups (broad SMARTS) is 1. The number of nitrogens with one attached hydrogen (secondary N) is 2. The van der Waals surface area contributed by atoms with E-state index in [9.17, 15) is 9.59 Å². The standard InChI is InChI=1S/C21H18N6O2.CH2O2/c22-17-12-19(28)27-18(26-17)8-11-25-21(29)14-5-3-13(4-6-14)20-15-2-1-9-23-16(15)7-10-24-20;2-1-3/h1-7,9-10,12H,8,11H2,(H,25,29)(H3,22,26,27,28);1H,(H,2,3). The maximum atomic E-state index is 12.4. The molecule has 1 aromatic carbocycles. The first-order valence-electron chi connectivity index (χ1n) is 9.53. The quantitative estimate of drug-likeness (QED) is 0.346. The molecule has 0 fully saturated rings. The number of hydrogen-bond acceptors (Lipinski definition) is 7. The summed E-state index contributed by atoms with van der Waals surface area (Å²) in [5.41, 5.74) is 8.36. The van der Waals surface area contributed by atoms with Crippen LogP contribution in [0.5, 0.6) is 0 Å². The van der Waals surface area contributed by atoms with E-state index in [2.05, 4.69) is 25.3 Å². The van der Waals surface area contributed by atoms with Gasteiger partial charge in [-0.2, -0.15) is 0 Å². The van der Waals surface area contributed by atoms with Crippen molar-refractivity contribution in [2.24, 2.45) is 0 Å². The van der Waals surface area contributed by atoms with Gasteiger partial charge in [0.1, 0.15) is 11.6 Å². The predicted octanol–water partition coefficient (Wildman–Crippen LogP) is 1.64. The first kappa shape index (κ1) is 22.1. The van der Waals surface area contributed by atoms with Gasteiger partial charge in [-0.3, -0.25) is 24.4 Å². The van der Waals surface area contributed by atoms with Gasteiger partial charge in [0.15, 0.2) is 0 Å². The second-order valence-corrected chi connectivity index (χ2v) is 6.54. The van der Waals surface area contributed by atoms with E-state index in [1.807, 2.05) is 30.3 Å². The Hall–Kier alpha value is -4.60. The number of nitrogen functional groups attached to an aromatic ring is 1. The van der Waals surface area contributed by atoms with Crippen molar-refractivity contribution in [3.8, 4) is 11.3 Å². The molecular weight excluding hydrogens is 412 g/mol. The molecule has 3 heterocycles. The molecular formula is C22H20N6O4. The average molecular weight is 432 g/mol. The third-order valence-electron chi connectivity index (χ3n) is 4.41. The van der Waals surface area contributed by atoms with Crippen LogP contribution in [-0.2, 0) is 11.2 Å². The SMILES string of the molecule is Nc1cc(=O)[nH]c(CCNC(=O)c2ccc(-c3nccc4ncccc34)cc2)n1.O=CO. The molecule has 10 heteroatoms. The molecule has 0 atom stereocenters. The number of nitrogens with zero attached hydrogens (tertiary/aromatic N) is 3. The first-order valence-corrected chi connectivity index (χ1v) is 9.53. The van der Waals surface area contributed by atoms with Crippen LogP contribution in [0.4, 0.5) is 5.82 Å². The summed E-state index contributed by atoms with van der Waals surface area (Å²) in [6, 6.07) is 14.1. The van der Waals surface area contributed by atoms with Crippen molar-refractivity contribution in [3.05, 3.63) is 82.7 Å². The number of aromatic amines is 1. The van der Waals surface area contributed by atoms with Crippen molar-refractivity contribution in [3.63, 3.8) is 0 Å². The summed E-state index contributed by atoms with van der Waals surface area (Å²) in [4.78, 5) is 47.6. The van der Waals surface area contributed by atoms with E-state index < -0.39 is 0 Å². The smallest absolute Gasteiger partial charge is 0.290 e. The van der Waals surface area contributed by atoms with Crippen molar-refractivity contribution >= 4 is 29.1 Å². The molecule has 0 radical (unpaired) electrons. The minimum absolute atomic E-state index is 0.155. The third kappa shape index (κ3) is 5.51. The van der Waals surface area contributed by atoms with Crippen LogP contribution in [0.25, 0.3) is 22.2 Å². The molecule has 0 aliphatic heterocycles. The van der Waals surface area contributed by atoms with Crippen molar-refractivity contribution in [1.82, 2.24) is 25.3 Å². The summed E-state index contributed by atoms with van der Waals surface area (Å²) < 4.78 is 0. The number of amides is 1. The molecule has 0 saturated carbocycles. The summed E-state index contributed by atoms with van der Waals surface area (Å²) in [5.74, 6) is 0.375. The maximum absolute atomic E-state index is 12.4. The van der Waals surface area contributed by atoms with Crippen LogP contribution in [0.3, 0.4) is 0 Å². The second kappa shape index (κ2) is 10.4. The molecule has 0 bridgehead atoms. The predicted molar refractivity (Wildman–Crippen MR) is 119 cm³/mol. The van der Waals surface area contributed by atoms with Gasteiger partial charge in [0, 0.05) is 47.9 Å². The molecule has 0 unspecified atom stereocenters. The monoisotopic (exact) mass is 432 g/mol. The fourth-order valence-corrected chi connectivity index (χ4v) is 3.06. The lowest BCUT2D eigenvalue weighted by Crippen LogP contribution is -2.26. The normalized spacial score (nSPS) is 10.1. The van der Waals surface area contributed by atoms with Gasteiger partial charge >= 0.3 is 0 Å². The summed E-state index contributed by atoms with van der Waals surface area (Å²) in [5, 5.41) is 10.7. The highest BCUT2D eigenvalue weighted by Crippen LogP contribution is 2.25. The number of carbonyl (C=O) groups excluding carboxylic acids is 1. The zero-order valence-electron chi connectivity index (χ0n) is 16.9. The number of aromatic nitrogens is 4. The molecule has 1 amide bonds. The number of pyridine rings is 2. The minimum Gasteiger partial charge on any atom is -0.483 e. The van der Waals surface area contributed by atoms with Crippen LogP contribution < -0.4 is 16.6 Å². The fourth-order valence-electron chi connectivity index (χ4n) is 3.06. The van der Waals surface area contributed by atoms with Gasteiger partial charge in [0.2, 0.25) is 0 Å². The van der Waals surface area contributed by atoms with Crippen molar-refractivity contribution in [2.75, 3.05) is 12.3 Å². The Morgan fingerprint density at radius 2 is 1.88 bits per heavy atom. The minimum atomic E-state index is -0.313. The van der Waals surface area contributed by atoms with Crippen molar-refractivity contribution in [1.29, 1.82) is 0 Å². The highest BCUT2D eigenvalue weighted by Gasteiger charge is 2.09. The number of nitrogens with two attached hydrogens (primary N) is 1. The third-order valence-corrected chi connectivity index (χ3v) is 4.41. The van der Waals surface area contributed by atoms with Crippen molar-refractivity contribution in [2.45, 2.75) is 6.42 Å². The fraction of sp³-hybridized carbons (Fsp3) is 0.0909. The molecule has 0 aliphatic rings. The molecule has 0 aliphatic carbocycles. The van der Waals surface area contributed by atoms with Crippen molar-refractivity contribution < 1.29 is 14.7 Å². The lowest BCUT2D eigenvalue weighted by atomic mass is 10.0. The zero-order chi connectivity index (χ0) is 22.9. The van der Waals surface area contributed by atoms with Crippen LogP contribution in [-0.4, -0.2) is 44.0 Å². The lowest BCUT2D eigenvalue weighted by Gasteiger charge is -2.08. The molecule has 0 saturated heterocycles. The molecule has 3 aromatic heterocycles. The van der Waals surface area contributed by atoms with Gasteiger partial charge in [-0.05, 0) is 30.3 Å². The number of H-pyrrole nitrogens is 1. The Bertz CT molecular complexity index is 1280. The van der Waals surface area contributed by atoms with E-state index in [0.717, 1.165) is 22.2 Å². The van der Waals surface area contributed by atoms with Gasteiger partial charge in [0.25, 0.3) is 17.9 Å². The lowest BCUT2D eigenvalue weighted by molar-refractivity contribution is -0.122. The summed E-state index contributed by atoms with van der Waals surface area (Å²) >= 11 is 0. The Morgan fingerprint density at radius 1 is 1.12 bits per heavy atom. The van der Waals surface area contributed by atoms with E-state index in [4.69, 9.17) is 15.6 Å². The Balaban J connectivity index is 0.000000913. The second-order valence-electron chi connectivity index (χ2n) is 6.54. The number of benzene rings is 1. The van der Waals surface area contributed by atoms with E-state index in [1.165, 1.54) is 6.07 Å². The Labute approximate surface area is 182 Å². The van der Waals surface area contributed by atoms with E-state index >= 15 is 0 Å². The first-order chi connectivity index (χ1) is 15.5. The topological polar surface area (TPSA) is 164 Å². The number of hydrogen-bond donors (Lipinski definition) is 4. The number of anilines is 1. The number of rotatable bonds is 5. The molecule has 162 valence electrons. The van der Waals surface area contributed by atoms with E-state index in [0.29, 0.717) is 24.4 Å². The average Bonchev–Trinajstić information content (AvgIpc) is 2.79. The molecule has 5 N–H and O–H groups in total. The maximum Gasteiger partial charge on any atom is 0.290 e. The Kier molecular flexibility index (Phi) is 7.20. The van der Waals surface area contributed by atoms with E-state index in [1.54, 1.807) is 24.5 Å². The van der Waals surface area contributed by atoms with Crippen LogP contribution in [0, 0.1) is 0 Å². The Morgan fingerprint density at radius 3 is 2.59 bits per heavy atom. The van der Waals surface area contributed by atoms with Crippen LogP contribution in [0.2, 0.25) is 0 Å². The van der Waals surface area contributed by atoms with Gasteiger partial charge in [-0.1, -0.05) is 12.1 Å². The molecule has 10 nitrogen and oxygen atoms in total. The van der Waals surface area contributed by atoms with Gasteiger partial charge in [-0.15, -0.1) is 0 Å². The highest BCUT2D eigenvalue weighted by atomic mass is 16.3. The van der Waals surface area contributed by atoms with Crippen LogP contribution in [0.15, 0.2) is 65.7 Å². The van der Waals surface area contributed by atoms with E-state index in [-0.39, 0.29) is 23.8 Å². The number of fused-ring (bicyclic) bond motifs is 1. The molecule has 0 spiro atoms. The number of carbonyl (C=O) groups is 2. The van der Waals surface area contributed by atoms with Gasteiger partial charge < -0.3 is 21.1 Å².